The van der Waals surface area contributed by atoms with E-state index in [4.69, 9.17) is 4.74 Å². The van der Waals surface area contributed by atoms with E-state index in [1.165, 1.54) is 0 Å². The molecule has 3 rings (SSSR count). The highest BCUT2D eigenvalue weighted by atomic mass is 16.5. The maximum atomic E-state index is 12.4. The van der Waals surface area contributed by atoms with Crippen LogP contribution in [-0.4, -0.2) is 15.7 Å². The molecular weight excluding hydrogens is 290 g/mol. The number of amides is 1. The van der Waals surface area contributed by atoms with Crippen LogP contribution in [0.2, 0.25) is 0 Å². The van der Waals surface area contributed by atoms with Crippen molar-refractivity contribution < 1.29 is 9.53 Å². The van der Waals surface area contributed by atoms with Gasteiger partial charge in [-0.1, -0.05) is 30.3 Å². The zero-order valence-corrected chi connectivity index (χ0v) is 13.0. The molecule has 0 aliphatic carbocycles. The molecule has 5 heteroatoms. The third-order valence-corrected chi connectivity index (χ3v) is 3.59. The standard InChI is InChI=1S/C18H17N3O2/c1-13-15(12-19-21(13)2)18(22)20-16-10-6-7-11-17(16)23-14-8-4-3-5-9-14/h3-12H,1-2H3,(H,20,22). The van der Waals surface area contributed by atoms with Gasteiger partial charge in [-0.25, -0.2) is 0 Å². The van der Waals surface area contributed by atoms with Gasteiger partial charge in [0.25, 0.3) is 5.91 Å². The Labute approximate surface area is 134 Å². The van der Waals surface area contributed by atoms with Crippen molar-refractivity contribution in [2.75, 3.05) is 5.32 Å². The molecular formula is C18H17N3O2. The third-order valence-electron chi connectivity index (χ3n) is 3.59. The summed E-state index contributed by atoms with van der Waals surface area (Å²) in [6, 6.07) is 16.8. The van der Waals surface area contributed by atoms with Gasteiger partial charge in [0.1, 0.15) is 5.75 Å². The fourth-order valence-corrected chi connectivity index (χ4v) is 2.19. The Balaban J connectivity index is 1.83. The van der Waals surface area contributed by atoms with E-state index in [9.17, 15) is 4.79 Å². The van der Waals surface area contributed by atoms with Crippen molar-refractivity contribution in [2.45, 2.75) is 6.92 Å². The van der Waals surface area contributed by atoms with Gasteiger partial charge < -0.3 is 10.1 Å². The van der Waals surface area contributed by atoms with E-state index in [1.54, 1.807) is 17.9 Å². The molecule has 0 saturated carbocycles. The Morgan fingerprint density at radius 3 is 2.48 bits per heavy atom. The summed E-state index contributed by atoms with van der Waals surface area (Å²) in [5, 5.41) is 6.98. The number of aryl methyl sites for hydroxylation is 1. The summed E-state index contributed by atoms with van der Waals surface area (Å²) in [6.45, 7) is 1.86. The lowest BCUT2D eigenvalue weighted by molar-refractivity contribution is 0.102. The number of benzene rings is 2. The molecule has 0 unspecified atom stereocenters. The predicted octanol–water partition coefficient (Wildman–Crippen LogP) is 3.77. The van der Waals surface area contributed by atoms with Crippen LogP contribution in [0.4, 0.5) is 5.69 Å². The van der Waals surface area contributed by atoms with Crippen LogP contribution in [-0.2, 0) is 7.05 Å². The molecule has 5 nitrogen and oxygen atoms in total. The Morgan fingerprint density at radius 2 is 1.78 bits per heavy atom. The summed E-state index contributed by atoms with van der Waals surface area (Å²) < 4.78 is 7.51. The first-order chi connectivity index (χ1) is 11.1. The summed E-state index contributed by atoms with van der Waals surface area (Å²) in [6.07, 6.45) is 1.56. The fourth-order valence-electron chi connectivity index (χ4n) is 2.19. The lowest BCUT2D eigenvalue weighted by atomic mass is 10.2. The van der Waals surface area contributed by atoms with Gasteiger partial charge in [0.05, 0.1) is 17.4 Å². The second-order valence-corrected chi connectivity index (χ2v) is 5.13. The number of aromatic nitrogens is 2. The van der Waals surface area contributed by atoms with E-state index in [0.29, 0.717) is 22.7 Å². The monoisotopic (exact) mass is 307 g/mol. The zero-order chi connectivity index (χ0) is 16.2. The minimum absolute atomic E-state index is 0.209. The van der Waals surface area contributed by atoms with Crippen LogP contribution in [0.5, 0.6) is 11.5 Å². The maximum absolute atomic E-state index is 12.4. The summed E-state index contributed by atoms with van der Waals surface area (Å²) in [4.78, 5) is 12.4. The molecule has 0 bridgehead atoms. The van der Waals surface area contributed by atoms with Crippen LogP contribution in [0.1, 0.15) is 16.1 Å². The maximum Gasteiger partial charge on any atom is 0.259 e. The van der Waals surface area contributed by atoms with Gasteiger partial charge >= 0.3 is 0 Å². The lowest BCUT2D eigenvalue weighted by Gasteiger charge is -2.12. The quantitative estimate of drug-likeness (QED) is 0.798. The number of para-hydroxylation sites is 3. The largest absolute Gasteiger partial charge is 0.455 e. The van der Waals surface area contributed by atoms with Crippen molar-refractivity contribution in [1.29, 1.82) is 0 Å². The van der Waals surface area contributed by atoms with Gasteiger partial charge in [-0.3, -0.25) is 9.48 Å². The Hall–Kier alpha value is -3.08. The van der Waals surface area contributed by atoms with Crippen LogP contribution in [0, 0.1) is 6.92 Å². The van der Waals surface area contributed by atoms with Crippen LogP contribution in [0.25, 0.3) is 0 Å². The summed E-state index contributed by atoms with van der Waals surface area (Å²) >= 11 is 0. The molecule has 1 aromatic heterocycles. The average molecular weight is 307 g/mol. The van der Waals surface area contributed by atoms with Crippen molar-refractivity contribution in [3.63, 3.8) is 0 Å². The minimum atomic E-state index is -0.209. The molecule has 3 aromatic rings. The minimum Gasteiger partial charge on any atom is -0.455 e. The topological polar surface area (TPSA) is 56.1 Å². The number of carbonyl (C=O) groups excluding carboxylic acids is 1. The van der Waals surface area contributed by atoms with Gasteiger partial charge in [0, 0.05) is 12.7 Å². The molecule has 0 spiro atoms. The molecule has 0 saturated heterocycles. The van der Waals surface area contributed by atoms with Gasteiger partial charge in [0.2, 0.25) is 0 Å². The van der Waals surface area contributed by atoms with Crippen LogP contribution in [0.3, 0.4) is 0 Å². The van der Waals surface area contributed by atoms with Crippen molar-refractivity contribution in [3.05, 3.63) is 72.1 Å². The highest BCUT2D eigenvalue weighted by Gasteiger charge is 2.15. The van der Waals surface area contributed by atoms with E-state index in [-0.39, 0.29) is 5.91 Å². The molecule has 0 aliphatic rings. The highest BCUT2D eigenvalue weighted by molar-refractivity contribution is 6.05. The first kappa shape index (κ1) is 14.8. The molecule has 0 fully saturated rings. The Kier molecular flexibility index (Phi) is 4.10. The number of nitrogens with zero attached hydrogens (tertiary/aromatic N) is 2. The molecule has 1 amide bonds. The van der Waals surface area contributed by atoms with Gasteiger partial charge in [-0.2, -0.15) is 5.10 Å². The van der Waals surface area contributed by atoms with Crippen LogP contribution < -0.4 is 10.1 Å². The molecule has 1 heterocycles. The van der Waals surface area contributed by atoms with E-state index < -0.39 is 0 Å². The fraction of sp³-hybridized carbons (Fsp3) is 0.111. The first-order valence-corrected chi connectivity index (χ1v) is 7.27. The third kappa shape index (κ3) is 3.23. The smallest absolute Gasteiger partial charge is 0.259 e. The highest BCUT2D eigenvalue weighted by Crippen LogP contribution is 2.29. The van der Waals surface area contributed by atoms with Crippen molar-refractivity contribution >= 4 is 11.6 Å². The van der Waals surface area contributed by atoms with Crippen molar-refractivity contribution in [3.8, 4) is 11.5 Å². The van der Waals surface area contributed by atoms with Gasteiger partial charge in [-0.15, -0.1) is 0 Å². The Morgan fingerprint density at radius 1 is 1.09 bits per heavy atom. The molecule has 23 heavy (non-hydrogen) atoms. The Bertz CT molecular complexity index is 825. The van der Waals surface area contributed by atoms with Gasteiger partial charge in [0.15, 0.2) is 5.75 Å². The molecule has 0 radical (unpaired) electrons. The summed E-state index contributed by atoms with van der Waals surface area (Å²) in [5.41, 5.74) is 1.97. The normalized spacial score (nSPS) is 10.3. The van der Waals surface area contributed by atoms with Gasteiger partial charge in [-0.05, 0) is 31.2 Å². The van der Waals surface area contributed by atoms with Crippen LogP contribution >= 0.6 is 0 Å². The van der Waals surface area contributed by atoms with Crippen molar-refractivity contribution in [1.82, 2.24) is 9.78 Å². The number of ether oxygens (including phenoxy) is 1. The first-order valence-electron chi connectivity index (χ1n) is 7.27. The number of nitrogens with one attached hydrogen (secondary N) is 1. The molecule has 0 aliphatic heterocycles. The zero-order valence-electron chi connectivity index (χ0n) is 13.0. The number of anilines is 1. The number of hydrogen-bond acceptors (Lipinski definition) is 3. The van der Waals surface area contributed by atoms with E-state index in [2.05, 4.69) is 10.4 Å². The number of rotatable bonds is 4. The van der Waals surface area contributed by atoms with Crippen molar-refractivity contribution in [2.24, 2.45) is 7.05 Å². The van der Waals surface area contributed by atoms with E-state index >= 15 is 0 Å². The second-order valence-electron chi connectivity index (χ2n) is 5.13. The summed E-state index contributed by atoms with van der Waals surface area (Å²) in [7, 11) is 1.80. The second kappa shape index (κ2) is 6.36. The summed E-state index contributed by atoms with van der Waals surface area (Å²) in [5.74, 6) is 1.10. The molecule has 116 valence electrons. The van der Waals surface area contributed by atoms with Crippen LogP contribution in [0.15, 0.2) is 60.8 Å². The predicted molar refractivity (Wildman–Crippen MR) is 88.9 cm³/mol. The SMILES string of the molecule is Cc1c(C(=O)Nc2ccccc2Oc2ccccc2)cnn1C. The van der Waals surface area contributed by atoms with E-state index in [0.717, 1.165) is 5.69 Å². The molecule has 2 aromatic carbocycles. The number of carbonyl (C=O) groups is 1. The number of hydrogen-bond donors (Lipinski definition) is 1. The molecule has 1 N–H and O–H groups in total. The lowest BCUT2D eigenvalue weighted by Crippen LogP contribution is -2.13. The average Bonchev–Trinajstić information content (AvgIpc) is 2.90. The molecule has 0 atom stereocenters. The van der Waals surface area contributed by atoms with E-state index in [1.807, 2.05) is 61.5 Å².